The Morgan fingerprint density at radius 3 is 1.41 bits per heavy atom. The number of rotatable bonds is 10. The van der Waals surface area contributed by atoms with E-state index < -0.39 is 149 Å². The van der Waals surface area contributed by atoms with Gasteiger partial charge in [0.1, 0.15) is 92.1 Å². The minimum absolute atomic E-state index is 0.527. The SMILES string of the molecule is OC[C@H]1O[C@H](OC[C@H]2O[C@H](O[C@]3(CO)O[C@H](CO)[C@@H](O)[C@@H]3O)[C@H](O)[C@@H](O)[C@@H]2O)[C@H](O)[C@@H](O)[C@H]1O.OC[C@H]1O[C@](O)(CO)[C@@H](O)[C@@H]1O. The third-order valence-electron chi connectivity index (χ3n) is 8.09. The molecule has 0 aliphatic carbocycles. The molecule has 4 aliphatic heterocycles. The second-order valence-corrected chi connectivity index (χ2v) is 11.2. The zero-order chi connectivity index (χ0) is 34.7. The smallest absolute Gasteiger partial charge is 0.224 e. The van der Waals surface area contributed by atoms with Crippen LogP contribution in [0.3, 0.4) is 0 Å². The van der Waals surface area contributed by atoms with E-state index in [2.05, 4.69) is 4.74 Å². The molecule has 0 aromatic rings. The van der Waals surface area contributed by atoms with Crippen LogP contribution in [0.1, 0.15) is 0 Å². The number of ether oxygens (including phenoxy) is 6. The number of aliphatic hydroxyl groups excluding tert-OH is 15. The topological polar surface area (TPSA) is 379 Å². The van der Waals surface area contributed by atoms with Crippen molar-refractivity contribution in [1.29, 1.82) is 0 Å². The van der Waals surface area contributed by atoms with Gasteiger partial charge in [-0.1, -0.05) is 0 Å². The van der Waals surface area contributed by atoms with Gasteiger partial charge in [-0.2, -0.15) is 0 Å². The molecule has 4 aliphatic rings. The van der Waals surface area contributed by atoms with Gasteiger partial charge in [-0.25, -0.2) is 0 Å². The predicted octanol–water partition coefficient (Wildman–Crippen LogP) is -10.8. The predicted molar refractivity (Wildman–Crippen MR) is 137 cm³/mol. The monoisotopic (exact) mass is 684 g/mol. The summed E-state index contributed by atoms with van der Waals surface area (Å²) in [5, 5.41) is 154. The molecule has 0 saturated carbocycles. The molecule has 16 N–H and O–H groups in total. The van der Waals surface area contributed by atoms with E-state index in [9.17, 15) is 61.3 Å². The van der Waals surface area contributed by atoms with Gasteiger partial charge in [0, 0.05) is 0 Å². The number of hydrogen-bond donors (Lipinski definition) is 16. The Bertz CT molecular complexity index is 932. The van der Waals surface area contributed by atoms with Crippen LogP contribution in [0.25, 0.3) is 0 Å². The Kier molecular flexibility index (Phi) is 13.9. The molecule has 18 atom stereocenters. The van der Waals surface area contributed by atoms with Crippen molar-refractivity contribution in [2.24, 2.45) is 0 Å². The lowest BCUT2D eigenvalue weighted by Gasteiger charge is -2.44. The highest BCUT2D eigenvalue weighted by Crippen LogP contribution is 2.36. The first-order valence-electron chi connectivity index (χ1n) is 14.1. The van der Waals surface area contributed by atoms with Gasteiger partial charge in [0.15, 0.2) is 12.6 Å². The summed E-state index contributed by atoms with van der Waals surface area (Å²) in [6, 6.07) is 0. The van der Waals surface area contributed by atoms with Crippen LogP contribution in [0.15, 0.2) is 0 Å². The highest BCUT2D eigenvalue weighted by molar-refractivity contribution is 4.99. The van der Waals surface area contributed by atoms with Crippen molar-refractivity contribution >= 4 is 0 Å². The van der Waals surface area contributed by atoms with Crippen molar-refractivity contribution < 1.29 is 110 Å². The van der Waals surface area contributed by atoms with Gasteiger partial charge in [-0.15, -0.1) is 0 Å². The van der Waals surface area contributed by atoms with E-state index >= 15 is 0 Å². The summed E-state index contributed by atoms with van der Waals surface area (Å²) in [5.74, 6) is -4.52. The molecule has 0 unspecified atom stereocenters. The van der Waals surface area contributed by atoms with Crippen LogP contribution >= 0.6 is 0 Å². The molecule has 4 saturated heterocycles. The Morgan fingerprint density at radius 1 is 0.478 bits per heavy atom. The summed E-state index contributed by atoms with van der Waals surface area (Å²) in [6.45, 7) is -4.50. The van der Waals surface area contributed by atoms with Crippen molar-refractivity contribution in [3.8, 4) is 0 Å². The third kappa shape index (κ3) is 7.79. The van der Waals surface area contributed by atoms with Crippen molar-refractivity contribution in [3.05, 3.63) is 0 Å². The molecule has 0 spiro atoms. The van der Waals surface area contributed by atoms with Crippen LogP contribution in [0, 0.1) is 0 Å². The summed E-state index contributed by atoms with van der Waals surface area (Å²) in [4.78, 5) is 0. The van der Waals surface area contributed by atoms with E-state index in [1.807, 2.05) is 0 Å². The third-order valence-corrected chi connectivity index (χ3v) is 8.09. The molecule has 0 aromatic carbocycles. The van der Waals surface area contributed by atoms with Crippen molar-refractivity contribution in [3.63, 3.8) is 0 Å². The first-order valence-corrected chi connectivity index (χ1v) is 14.1. The molecule has 0 radical (unpaired) electrons. The molecule has 0 aromatic heterocycles. The molecule has 46 heavy (non-hydrogen) atoms. The first kappa shape index (κ1) is 39.6. The zero-order valence-electron chi connectivity index (χ0n) is 24.1. The second-order valence-electron chi connectivity index (χ2n) is 11.2. The molecule has 272 valence electrons. The van der Waals surface area contributed by atoms with Gasteiger partial charge in [0.05, 0.1) is 33.0 Å². The largest absolute Gasteiger partial charge is 0.394 e. The van der Waals surface area contributed by atoms with Gasteiger partial charge in [0.25, 0.3) is 0 Å². The average Bonchev–Trinajstić information content (AvgIpc) is 3.44. The summed E-state index contributed by atoms with van der Waals surface area (Å²) in [6.07, 6.45) is -25.8. The van der Waals surface area contributed by atoms with Crippen LogP contribution in [-0.2, 0) is 28.4 Å². The van der Waals surface area contributed by atoms with Gasteiger partial charge >= 0.3 is 0 Å². The summed E-state index contributed by atoms with van der Waals surface area (Å²) < 4.78 is 31.1. The van der Waals surface area contributed by atoms with Crippen LogP contribution in [0.5, 0.6) is 0 Å². The summed E-state index contributed by atoms with van der Waals surface area (Å²) >= 11 is 0. The Labute approximate surface area is 260 Å². The highest BCUT2D eigenvalue weighted by Gasteiger charge is 2.58. The van der Waals surface area contributed by atoms with Crippen LogP contribution < -0.4 is 0 Å². The van der Waals surface area contributed by atoms with E-state index in [4.69, 9.17) is 44.1 Å². The van der Waals surface area contributed by atoms with E-state index in [0.717, 1.165) is 0 Å². The first-order chi connectivity index (χ1) is 21.6. The maximum atomic E-state index is 10.3. The van der Waals surface area contributed by atoms with Gasteiger partial charge in [-0.05, 0) is 0 Å². The molecule has 4 heterocycles. The van der Waals surface area contributed by atoms with E-state index in [-0.39, 0.29) is 0 Å². The van der Waals surface area contributed by atoms with Crippen molar-refractivity contribution in [2.75, 3.05) is 39.6 Å². The molecule has 4 rings (SSSR count). The van der Waals surface area contributed by atoms with Crippen molar-refractivity contribution in [1.82, 2.24) is 0 Å². The minimum atomic E-state index is -2.36. The normalized spacial score (nSPS) is 51.1. The van der Waals surface area contributed by atoms with E-state index in [0.29, 0.717) is 0 Å². The van der Waals surface area contributed by atoms with Gasteiger partial charge in [0.2, 0.25) is 11.6 Å². The molecule has 0 amide bonds. The minimum Gasteiger partial charge on any atom is -0.394 e. The molecule has 4 fully saturated rings. The standard InChI is InChI=1S/C18H32O16.C6H12O6/c19-1-5-8(22)11(25)13(27)16(31-5)30-3-7-9(23)12(26)14(28)17(32-7)34-18(4-21)15(29)10(24)6(2-20)33-18;7-1-3-4(9)5(10)6(11,2-8)12-3/h5-17,19-29H,1-4H2;3-5,7-11H,1-2H2/t5-,6-,7-,8+,9-,10-,11+,12+,13-,14-,15+,16+,17-,18+;3-,4-,5+,6-/m11/s1. The maximum absolute atomic E-state index is 10.3. The number of hydrogen-bond acceptors (Lipinski definition) is 22. The fourth-order valence-electron chi connectivity index (χ4n) is 5.16. The van der Waals surface area contributed by atoms with Gasteiger partial charge < -0.3 is 110 Å². The summed E-state index contributed by atoms with van der Waals surface area (Å²) in [7, 11) is 0. The molecular weight excluding hydrogens is 640 g/mol. The van der Waals surface area contributed by atoms with Gasteiger partial charge in [-0.3, -0.25) is 0 Å². The van der Waals surface area contributed by atoms with Crippen molar-refractivity contribution in [2.45, 2.75) is 110 Å². The average molecular weight is 685 g/mol. The highest BCUT2D eigenvalue weighted by atomic mass is 16.8. The van der Waals surface area contributed by atoms with Crippen LogP contribution in [0.4, 0.5) is 0 Å². The molecular formula is C24H44O22. The lowest BCUT2D eigenvalue weighted by Crippen LogP contribution is -2.63. The Hall–Kier alpha value is -0.880. The molecule has 22 heteroatoms. The van der Waals surface area contributed by atoms with Crippen LogP contribution in [0.2, 0.25) is 0 Å². The quantitative estimate of drug-likeness (QED) is 0.101. The fourth-order valence-corrected chi connectivity index (χ4v) is 5.16. The Balaban J connectivity index is 0.000000402. The lowest BCUT2D eigenvalue weighted by molar-refractivity contribution is -0.388. The van der Waals surface area contributed by atoms with E-state index in [1.54, 1.807) is 0 Å². The molecule has 0 bridgehead atoms. The summed E-state index contributed by atoms with van der Waals surface area (Å²) in [5.41, 5.74) is 0. The van der Waals surface area contributed by atoms with Crippen LogP contribution in [-0.4, -0.2) is 231 Å². The Morgan fingerprint density at radius 2 is 0.957 bits per heavy atom. The van der Waals surface area contributed by atoms with E-state index in [1.165, 1.54) is 0 Å². The number of aliphatic hydroxyl groups is 16. The lowest BCUT2D eigenvalue weighted by atomic mass is 9.98. The second kappa shape index (κ2) is 16.2. The fraction of sp³-hybridized carbons (Fsp3) is 1.00. The molecule has 22 nitrogen and oxygen atoms in total. The zero-order valence-corrected chi connectivity index (χ0v) is 24.1. The maximum Gasteiger partial charge on any atom is 0.224 e.